The summed E-state index contributed by atoms with van der Waals surface area (Å²) in [5, 5.41) is 10.6. The van der Waals surface area contributed by atoms with Crippen LogP contribution < -0.4 is 4.74 Å². The van der Waals surface area contributed by atoms with Crippen LogP contribution >= 0.6 is 0 Å². The molecule has 2 aromatic carbocycles. The van der Waals surface area contributed by atoms with Gasteiger partial charge in [0.1, 0.15) is 6.61 Å². The molecule has 0 amide bonds. The van der Waals surface area contributed by atoms with Crippen LogP contribution in [0.25, 0.3) is 0 Å². The Bertz CT molecular complexity index is 659. The number of aromatic hydroxyl groups is 1. The van der Waals surface area contributed by atoms with Gasteiger partial charge >= 0.3 is 0 Å². The van der Waals surface area contributed by atoms with Crippen molar-refractivity contribution in [1.82, 2.24) is 0 Å². The van der Waals surface area contributed by atoms with Gasteiger partial charge in [0, 0.05) is 5.56 Å². The quantitative estimate of drug-likeness (QED) is 0.803. The molecule has 0 atom stereocenters. The lowest BCUT2D eigenvalue weighted by Gasteiger charge is -2.28. The Morgan fingerprint density at radius 1 is 0.870 bits per heavy atom. The highest BCUT2D eigenvalue weighted by Gasteiger charge is 2.26. The molecule has 0 saturated heterocycles. The minimum atomic E-state index is -0.106. The molecule has 0 saturated carbocycles. The van der Waals surface area contributed by atoms with Crippen molar-refractivity contribution < 1.29 is 9.84 Å². The van der Waals surface area contributed by atoms with Gasteiger partial charge < -0.3 is 9.84 Å². The zero-order valence-electron chi connectivity index (χ0n) is 15.1. The Labute approximate surface area is 140 Å². The Morgan fingerprint density at radius 3 is 2.00 bits per heavy atom. The molecule has 124 valence electrons. The van der Waals surface area contributed by atoms with E-state index in [2.05, 4.69) is 47.6 Å². The maximum atomic E-state index is 10.6. The van der Waals surface area contributed by atoms with Crippen LogP contribution in [0.3, 0.4) is 0 Å². The van der Waals surface area contributed by atoms with Crippen LogP contribution in [0.5, 0.6) is 11.5 Å². The molecule has 0 radical (unpaired) electrons. The molecular weight excluding hydrogens is 284 g/mol. The van der Waals surface area contributed by atoms with Crippen molar-refractivity contribution in [1.29, 1.82) is 0 Å². The van der Waals surface area contributed by atoms with E-state index in [0.717, 1.165) is 16.7 Å². The molecule has 0 aliphatic rings. The van der Waals surface area contributed by atoms with Crippen molar-refractivity contribution in [3.05, 3.63) is 59.2 Å². The van der Waals surface area contributed by atoms with Crippen molar-refractivity contribution in [2.45, 2.75) is 59.0 Å². The Hall–Kier alpha value is -1.96. The maximum Gasteiger partial charge on any atom is 0.165 e. The van der Waals surface area contributed by atoms with E-state index in [4.69, 9.17) is 4.74 Å². The molecule has 0 unspecified atom stereocenters. The summed E-state index contributed by atoms with van der Waals surface area (Å²) < 4.78 is 6.00. The van der Waals surface area contributed by atoms with Gasteiger partial charge in [0.25, 0.3) is 0 Å². The minimum Gasteiger partial charge on any atom is -0.504 e. The first kappa shape index (κ1) is 17.4. The van der Waals surface area contributed by atoms with E-state index in [1.165, 1.54) is 0 Å². The molecule has 0 spiro atoms. The van der Waals surface area contributed by atoms with Gasteiger partial charge in [-0.25, -0.2) is 0 Å². The van der Waals surface area contributed by atoms with E-state index in [1.54, 1.807) is 0 Å². The molecule has 2 rings (SSSR count). The summed E-state index contributed by atoms with van der Waals surface area (Å²) in [6.45, 7) is 13.3. The second kappa shape index (κ2) is 6.27. The summed E-state index contributed by atoms with van der Waals surface area (Å²) in [6, 6.07) is 14.0. The summed E-state index contributed by atoms with van der Waals surface area (Å²) in [7, 11) is 0. The normalized spacial score (nSPS) is 12.3. The van der Waals surface area contributed by atoms with E-state index < -0.39 is 0 Å². The third-order valence-electron chi connectivity index (χ3n) is 3.97. The Morgan fingerprint density at radius 2 is 1.48 bits per heavy atom. The molecule has 0 aromatic heterocycles. The Balaban J connectivity index is 2.41. The molecular formula is C21H28O2. The largest absolute Gasteiger partial charge is 0.504 e. The molecule has 2 heteroatoms. The van der Waals surface area contributed by atoms with Crippen molar-refractivity contribution >= 4 is 0 Å². The second-order valence-corrected chi connectivity index (χ2v) is 8.15. The number of ether oxygens (including phenoxy) is 1. The number of phenols is 1. The van der Waals surface area contributed by atoms with Crippen LogP contribution in [0.2, 0.25) is 0 Å². The number of benzene rings is 2. The van der Waals surface area contributed by atoms with Crippen LogP contribution in [0.4, 0.5) is 0 Å². The molecule has 0 fully saturated rings. The first-order chi connectivity index (χ1) is 10.6. The molecule has 0 heterocycles. The molecule has 23 heavy (non-hydrogen) atoms. The average molecular weight is 312 g/mol. The molecule has 2 aromatic rings. The molecule has 0 aliphatic heterocycles. The lowest BCUT2D eigenvalue weighted by atomic mass is 9.80. The second-order valence-electron chi connectivity index (χ2n) is 8.15. The van der Waals surface area contributed by atoms with Crippen molar-refractivity contribution in [2.75, 3.05) is 0 Å². The maximum absolute atomic E-state index is 10.6. The third kappa shape index (κ3) is 4.28. The van der Waals surface area contributed by atoms with Gasteiger partial charge in [0.05, 0.1) is 0 Å². The van der Waals surface area contributed by atoms with Crippen LogP contribution in [0.1, 0.15) is 58.2 Å². The molecule has 0 bridgehead atoms. The zero-order chi connectivity index (χ0) is 17.3. The predicted molar refractivity (Wildman–Crippen MR) is 96.3 cm³/mol. The zero-order valence-corrected chi connectivity index (χ0v) is 15.1. The monoisotopic (exact) mass is 312 g/mol. The number of hydrogen-bond donors (Lipinski definition) is 1. The van der Waals surface area contributed by atoms with Crippen molar-refractivity contribution in [2.24, 2.45) is 0 Å². The summed E-state index contributed by atoms with van der Waals surface area (Å²) in [5.74, 6) is 0.813. The van der Waals surface area contributed by atoms with E-state index in [1.807, 2.05) is 36.4 Å². The smallest absolute Gasteiger partial charge is 0.165 e. The summed E-state index contributed by atoms with van der Waals surface area (Å²) in [6.07, 6.45) is 0. The fraction of sp³-hybridized carbons (Fsp3) is 0.429. The minimum absolute atomic E-state index is 0.0184. The van der Waals surface area contributed by atoms with Gasteiger partial charge in [-0.05, 0) is 28.0 Å². The van der Waals surface area contributed by atoms with E-state index in [9.17, 15) is 5.11 Å². The van der Waals surface area contributed by atoms with Gasteiger partial charge in [-0.2, -0.15) is 0 Å². The van der Waals surface area contributed by atoms with Crippen LogP contribution in [-0.4, -0.2) is 5.11 Å². The highest BCUT2D eigenvalue weighted by Crippen LogP contribution is 2.42. The lowest BCUT2D eigenvalue weighted by molar-refractivity contribution is 0.280. The lowest BCUT2D eigenvalue weighted by Crippen LogP contribution is -2.18. The topological polar surface area (TPSA) is 29.5 Å². The standard InChI is InChI=1S/C21H28O2/c1-20(2,3)16-12-17(21(4,5)6)19(18(22)13-16)23-14-15-10-8-7-9-11-15/h7-13,22H,14H2,1-6H3. The highest BCUT2D eigenvalue weighted by molar-refractivity contribution is 5.52. The van der Waals surface area contributed by atoms with Gasteiger partial charge in [0.2, 0.25) is 0 Å². The predicted octanol–water partition coefficient (Wildman–Crippen LogP) is 5.57. The van der Waals surface area contributed by atoms with Gasteiger partial charge in [-0.1, -0.05) is 77.9 Å². The van der Waals surface area contributed by atoms with Gasteiger partial charge in [-0.15, -0.1) is 0 Å². The molecule has 1 N–H and O–H groups in total. The van der Waals surface area contributed by atoms with Crippen molar-refractivity contribution in [3.8, 4) is 11.5 Å². The fourth-order valence-electron chi connectivity index (χ4n) is 2.49. The summed E-state index contributed by atoms with van der Waals surface area (Å²) in [5.41, 5.74) is 3.12. The Kier molecular flexibility index (Phi) is 4.74. The van der Waals surface area contributed by atoms with Crippen LogP contribution in [0, 0.1) is 0 Å². The highest BCUT2D eigenvalue weighted by atomic mass is 16.5. The number of hydrogen-bond acceptors (Lipinski definition) is 2. The first-order valence-corrected chi connectivity index (χ1v) is 8.14. The van der Waals surface area contributed by atoms with Gasteiger partial charge in [0.15, 0.2) is 11.5 Å². The van der Waals surface area contributed by atoms with Crippen molar-refractivity contribution in [3.63, 3.8) is 0 Å². The average Bonchev–Trinajstić information content (AvgIpc) is 2.44. The molecule has 0 aliphatic carbocycles. The van der Waals surface area contributed by atoms with Crippen LogP contribution in [0.15, 0.2) is 42.5 Å². The fourth-order valence-corrected chi connectivity index (χ4v) is 2.49. The molecule has 2 nitrogen and oxygen atoms in total. The third-order valence-corrected chi connectivity index (χ3v) is 3.97. The SMILES string of the molecule is CC(C)(C)c1cc(O)c(OCc2ccccc2)c(C(C)(C)C)c1. The number of rotatable bonds is 3. The number of phenolic OH excluding ortho intramolecular Hbond substituents is 1. The van der Waals surface area contributed by atoms with E-state index in [0.29, 0.717) is 12.4 Å². The summed E-state index contributed by atoms with van der Waals surface area (Å²) >= 11 is 0. The van der Waals surface area contributed by atoms with E-state index in [-0.39, 0.29) is 16.6 Å². The van der Waals surface area contributed by atoms with Crippen LogP contribution in [-0.2, 0) is 17.4 Å². The summed E-state index contributed by atoms with van der Waals surface area (Å²) in [4.78, 5) is 0. The first-order valence-electron chi connectivity index (χ1n) is 8.14. The van der Waals surface area contributed by atoms with E-state index >= 15 is 0 Å². The van der Waals surface area contributed by atoms with Gasteiger partial charge in [-0.3, -0.25) is 0 Å².